The number of carbonyl (C=O) groups excluding carboxylic acids is 2. The third-order valence-electron chi connectivity index (χ3n) is 5.28. The van der Waals surface area contributed by atoms with E-state index in [2.05, 4.69) is 5.32 Å². The minimum atomic E-state index is -3.90. The molecule has 2 aromatic rings. The van der Waals surface area contributed by atoms with Crippen LogP contribution in [0.5, 0.6) is 0 Å². The summed E-state index contributed by atoms with van der Waals surface area (Å²) in [7, 11) is -3.90. The third-order valence-corrected chi connectivity index (χ3v) is 6.42. The van der Waals surface area contributed by atoms with Gasteiger partial charge in [0.1, 0.15) is 18.4 Å². The van der Waals surface area contributed by atoms with E-state index in [9.17, 15) is 22.4 Å². The maximum atomic E-state index is 13.8. The van der Waals surface area contributed by atoms with Crippen LogP contribution in [0.1, 0.15) is 38.3 Å². The lowest BCUT2D eigenvalue weighted by Crippen LogP contribution is -2.52. The van der Waals surface area contributed by atoms with Crippen molar-refractivity contribution in [2.75, 3.05) is 23.7 Å². The molecule has 186 valence electrons. The Bertz CT molecular complexity index is 1100. The largest absolute Gasteiger partial charge is 0.354 e. The van der Waals surface area contributed by atoms with Gasteiger partial charge in [0.25, 0.3) is 0 Å². The highest BCUT2D eigenvalue weighted by Gasteiger charge is 2.31. The third kappa shape index (κ3) is 7.83. The molecule has 9 heteroatoms. The molecule has 0 aliphatic rings. The van der Waals surface area contributed by atoms with Crippen LogP contribution in [0.25, 0.3) is 0 Å². The SMILES string of the molecule is CCC(C(=O)NCC(C)C)N(Cc1cccc(C)c1)C(=O)CN(c1cccc(F)c1)S(C)(=O)=O. The van der Waals surface area contributed by atoms with Gasteiger partial charge in [0.05, 0.1) is 11.9 Å². The number of anilines is 1. The fourth-order valence-corrected chi connectivity index (χ4v) is 4.44. The number of amides is 2. The van der Waals surface area contributed by atoms with Gasteiger partial charge >= 0.3 is 0 Å². The highest BCUT2D eigenvalue weighted by molar-refractivity contribution is 7.92. The van der Waals surface area contributed by atoms with Crippen LogP contribution in [-0.2, 0) is 26.2 Å². The first-order valence-corrected chi connectivity index (χ1v) is 13.1. The summed E-state index contributed by atoms with van der Waals surface area (Å²) in [4.78, 5) is 27.9. The minimum Gasteiger partial charge on any atom is -0.354 e. The lowest BCUT2D eigenvalue weighted by molar-refractivity contribution is -0.140. The zero-order valence-electron chi connectivity index (χ0n) is 20.4. The number of aryl methyl sites for hydroxylation is 1. The zero-order chi connectivity index (χ0) is 25.5. The van der Waals surface area contributed by atoms with Crippen LogP contribution in [0.2, 0.25) is 0 Å². The van der Waals surface area contributed by atoms with Crippen molar-refractivity contribution < 1.29 is 22.4 Å². The fraction of sp³-hybridized carbons (Fsp3) is 0.440. The molecular weight excluding hydrogens is 457 g/mol. The maximum absolute atomic E-state index is 13.8. The Morgan fingerprint density at radius 2 is 1.76 bits per heavy atom. The Morgan fingerprint density at radius 3 is 2.32 bits per heavy atom. The predicted molar refractivity (Wildman–Crippen MR) is 132 cm³/mol. The Balaban J connectivity index is 2.42. The van der Waals surface area contributed by atoms with Gasteiger partial charge in [-0.1, -0.05) is 56.7 Å². The second kappa shape index (κ2) is 12.0. The first kappa shape index (κ1) is 27.3. The van der Waals surface area contributed by atoms with E-state index >= 15 is 0 Å². The topological polar surface area (TPSA) is 86.8 Å². The van der Waals surface area contributed by atoms with Crippen LogP contribution < -0.4 is 9.62 Å². The van der Waals surface area contributed by atoms with Crippen LogP contribution in [0.15, 0.2) is 48.5 Å². The van der Waals surface area contributed by atoms with E-state index in [1.54, 1.807) is 6.92 Å². The molecule has 1 atom stereocenters. The van der Waals surface area contributed by atoms with Gasteiger partial charge in [-0.05, 0) is 43.0 Å². The summed E-state index contributed by atoms with van der Waals surface area (Å²) in [6.45, 7) is 7.71. The molecule has 0 saturated heterocycles. The van der Waals surface area contributed by atoms with Gasteiger partial charge in [-0.3, -0.25) is 13.9 Å². The number of halogens is 1. The second-order valence-electron chi connectivity index (χ2n) is 8.82. The summed E-state index contributed by atoms with van der Waals surface area (Å²) < 4.78 is 39.7. The number of rotatable bonds is 11. The Morgan fingerprint density at radius 1 is 1.09 bits per heavy atom. The fourth-order valence-electron chi connectivity index (χ4n) is 3.59. The molecule has 2 amide bonds. The summed E-state index contributed by atoms with van der Waals surface area (Å²) in [5, 5.41) is 2.87. The molecule has 0 heterocycles. The van der Waals surface area contributed by atoms with Crippen LogP contribution in [-0.4, -0.2) is 50.5 Å². The van der Waals surface area contributed by atoms with Crippen LogP contribution in [0.3, 0.4) is 0 Å². The van der Waals surface area contributed by atoms with Gasteiger partial charge in [-0.15, -0.1) is 0 Å². The van der Waals surface area contributed by atoms with Crippen molar-refractivity contribution in [1.82, 2.24) is 10.2 Å². The van der Waals surface area contributed by atoms with Gasteiger partial charge in [-0.2, -0.15) is 0 Å². The molecule has 2 aromatic carbocycles. The average Bonchev–Trinajstić information content (AvgIpc) is 2.75. The normalized spacial score (nSPS) is 12.3. The molecule has 0 aliphatic heterocycles. The average molecular weight is 492 g/mol. The van der Waals surface area contributed by atoms with E-state index < -0.39 is 34.3 Å². The van der Waals surface area contributed by atoms with E-state index in [-0.39, 0.29) is 24.1 Å². The number of hydrogen-bond donors (Lipinski definition) is 1. The smallest absolute Gasteiger partial charge is 0.244 e. The summed E-state index contributed by atoms with van der Waals surface area (Å²) in [6, 6.07) is 11.8. The van der Waals surface area contributed by atoms with E-state index in [4.69, 9.17) is 0 Å². The lowest BCUT2D eigenvalue weighted by atomic mass is 10.1. The summed E-state index contributed by atoms with van der Waals surface area (Å²) >= 11 is 0. The summed E-state index contributed by atoms with van der Waals surface area (Å²) in [5.41, 5.74) is 1.86. The van der Waals surface area contributed by atoms with Gasteiger partial charge < -0.3 is 10.2 Å². The molecular formula is C25H34FN3O4S. The van der Waals surface area contributed by atoms with E-state index in [1.807, 2.05) is 45.0 Å². The van der Waals surface area contributed by atoms with Crippen molar-refractivity contribution in [3.8, 4) is 0 Å². The highest BCUT2D eigenvalue weighted by Crippen LogP contribution is 2.20. The first-order valence-electron chi connectivity index (χ1n) is 11.3. The van der Waals surface area contributed by atoms with E-state index in [1.165, 1.54) is 23.1 Å². The Labute approximate surface area is 202 Å². The summed E-state index contributed by atoms with van der Waals surface area (Å²) in [5.74, 6) is -1.23. The molecule has 2 rings (SSSR count). The van der Waals surface area contributed by atoms with Gasteiger partial charge in [0, 0.05) is 13.1 Å². The minimum absolute atomic E-state index is 0.0451. The number of nitrogens with zero attached hydrogens (tertiary/aromatic N) is 2. The van der Waals surface area contributed by atoms with Crippen molar-refractivity contribution in [3.05, 3.63) is 65.5 Å². The van der Waals surface area contributed by atoms with Crippen LogP contribution in [0, 0.1) is 18.7 Å². The quantitative estimate of drug-likeness (QED) is 0.521. The molecule has 0 aliphatic carbocycles. The van der Waals surface area contributed by atoms with E-state index in [0.29, 0.717) is 13.0 Å². The molecule has 0 spiro atoms. The zero-order valence-corrected chi connectivity index (χ0v) is 21.2. The van der Waals surface area contributed by atoms with Crippen LogP contribution >= 0.6 is 0 Å². The number of hydrogen-bond acceptors (Lipinski definition) is 4. The van der Waals surface area contributed by atoms with Crippen molar-refractivity contribution in [2.24, 2.45) is 5.92 Å². The molecule has 1 N–H and O–H groups in total. The first-order chi connectivity index (χ1) is 15.9. The molecule has 0 fully saturated rings. The molecule has 7 nitrogen and oxygen atoms in total. The van der Waals surface area contributed by atoms with Gasteiger partial charge in [0.2, 0.25) is 21.8 Å². The van der Waals surface area contributed by atoms with Crippen molar-refractivity contribution >= 4 is 27.5 Å². The standard InChI is InChI=1S/C25H34FN3O4S/c1-6-23(25(31)27-15-18(2)3)28(16-20-10-7-9-19(4)13-20)24(30)17-29(34(5,32)33)22-12-8-11-21(26)14-22/h7-14,18,23H,6,15-17H2,1-5H3,(H,27,31). The Kier molecular flexibility index (Phi) is 9.61. The van der Waals surface area contributed by atoms with Crippen molar-refractivity contribution in [1.29, 1.82) is 0 Å². The highest BCUT2D eigenvalue weighted by atomic mass is 32.2. The number of benzene rings is 2. The monoisotopic (exact) mass is 491 g/mol. The number of carbonyl (C=O) groups is 2. The summed E-state index contributed by atoms with van der Waals surface area (Å²) in [6.07, 6.45) is 1.31. The molecule has 34 heavy (non-hydrogen) atoms. The maximum Gasteiger partial charge on any atom is 0.244 e. The van der Waals surface area contributed by atoms with E-state index in [0.717, 1.165) is 27.8 Å². The number of sulfonamides is 1. The van der Waals surface area contributed by atoms with Crippen molar-refractivity contribution in [2.45, 2.75) is 46.7 Å². The molecule has 0 bridgehead atoms. The molecule has 0 aromatic heterocycles. The van der Waals surface area contributed by atoms with Crippen LogP contribution in [0.4, 0.5) is 10.1 Å². The molecule has 0 radical (unpaired) electrons. The van der Waals surface area contributed by atoms with Crippen molar-refractivity contribution in [3.63, 3.8) is 0 Å². The van der Waals surface area contributed by atoms with Gasteiger partial charge in [-0.25, -0.2) is 12.8 Å². The predicted octanol–water partition coefficient (Wildman–Crippen LogP) is 3.48. The molecule has 1 unspecified atom stereocenters. The molecule has 0 saturated carbocycles. The second-order valence-corrected chi connectivity index (χ2v) is 10.7. The van der Waals surface area contributed by atoms with Gasteiger partial charge in [0.15, 0.2) is 0 Å². The number of nitrogens with one attached hydrogen (secondary N) is 1. The Hall–Kier alpha value is -2.94. The lowest BCUT2D eigenvalue weighted by Gasteiger charge is -2.33.